The molecule has 0 aliphatic heterocycles. The molecule has 1 heterocycles. The lowest BCUT2D eigenvalue weighted by atomic mass is 9.75. The first-order valence-electron chi connectivity index (χ1n) is 8.49. The first-order chi connectivity index (χ1) is 10.0. The predicted molar refractivity (Wildman–Crippen MR) is 87.8 cm³/mol. The summed E-state index contributed by atoms with van der Waals surface area (Å²) in [5.74, 6) is 0.799. The Morgan fingerprint density at radius 1 is 1.29 bits per heavy atom. The largest absolute Gasteiger partial charge is 0.389 e. The number of aryl methyl sites for hydroxylation is 2. The Balaban J connectivity index is 2.09. The Morgan fingerprint density at radius 3 is 2.48 bits per heavy atom. The molecule has 0 aromatic carbocycles. The number of aromatic nitrogens is 2. The van der Waals surface area contributed by atoms with Crippen LogP contribution >= 0.6 is 11.6 Å². The van der Waals surface area contributed by atoms with Gasteiger partial charge in [-0.15, -0.1) is 0 Å². The third-order valence-electron chi connectivity index (χ3n) is 4.92. The lowest BCUT2D eigenvalue weighted by Crippen LogP contribution is -2.37. The van der Waals surface area contributed by atoms with E-state index in [1.165, 1.54) is 12.8 Å². The standard InChI is InChI=1S/C17H29ClN2O/c1-4-7-13-8-10-17(21,11-9-13)12-15-16(18)14(5-2)19-20(15)6-3/h13,21H,4-12H2,1-3H3. The minimum atomic E-state index is -0.591. The van der Waals surface area contributed by atoms with Crippen LogP contribution in [-0.4, -0.2) is 20.5 Å². The summed E-state index contributed by atoms with van der Waals surface area (Å²) in [6.45, 7) is 7.20. The zero-order valence-corrected chi connectivity index (χ0v) is 14.4. The van der Waals surface area contributed by atoms with E-state index in [-0.39, 0.29) is 0 Å². The highest BCUT2D eigenvalue weighted by molar-refractivity contribution is 6.31. The van der Waals surface area contributed by atoms with Crippen molar-refractivity contribution in [3.05, 3.63) is 16.4 Å². The van der Waals surface area contributed by atoms with E-state index in [0.717, 1.165) is 61.0 Å². The van der Waals surface area contributed by atoms with E-state index in [4.69, 9.17) is 11.6 Å². The molecule has 0 saturated heterocycles. The van der Waals surface area contributed by atoms with Gasteiger partial charge in [-0.1, -0.05) is 38.3 Å². The summed E-state index contributed by atoms with van der Waals surface area (Å²) in [7, 11) is 0. The Morgan fingerprint density at radius 2 is 1.95 bits per heavy atom. The molecule has 1 N–H and O–H groups in total. The van der Waals surface area contributed by atoms with E-state index in [0.29, 0.717) is 6.42 Å². The van der Waals surface area contributed by atoms with Gasteiger partial charge in [-0.3, -0.25) is 4.68 Å². The molecule has 0 atom stereocenters. The van der Waals surface area contributed by atoms with Crippen LogP contribution in [0.1, 0.15) is 70.7 Å². The van der Waals surface area contributed by atoms with E-state index in [2.05, 4.69) is 25.9 Å². The average molecular weight is 313 g/mol. The smallest absolute Gasteiger partial charge is 0.0850 e. The second-order valence-corrected chi connectivity index (χ2v) is 6.89. The van der Waals surface area contributed by atoms with Gasteiger partial charge in [0.1, 0.15) is 0 Å². The molecule has 0 amide bonds. The normalized spacial score (nSPS) is 26.2. The van der Waals surface area contributed by atoms with Gasteiger partial charge in [-0.05, 0) is 44.9 Å². The van der Waals surface area contributed by atoms with E-state index < -0.39 is 5.60 Å². The van der Waals surface area contributed by atoms with Crippen LogP contribution in [0.4, 0.5) is 0 Å². The second-order valence-electron chi connectivity index (χ2n) is 6.51. The SMILES string of the molecule is CCCC1CCC(O)(Cc2c(Cl)c(CC)nn2CC)CC1. The number of nitrogens with zero attached hydrogens (tertiary/aromatic N) is 2. The van der Waals surface area contributed by atoms with Crippen molar-refractivity contribution in [3.63, 3.8) is 0 Å². The Bertz CT molecular complexity index is 462. The van der Waals surface area contributed by atoms with Gasteiger partial charge in [0.15, 0.2) is 0 Å². The molecule has 0 unspecified atom stereocenters. The molecule has 0 spiro atoms. The Kier molecular flexibility index (Phi) is 5.73. The molecule has 120 valence electrons. The van der Waals surface area contributed by atoms with Crippen molar-refractivity contribution in [3.8, 4) is 0 Å². The molecule has 1 aromatic heterocycles. The predicted octanol–water partition coefficient (Wildman–Crippen LogP) is 4.38. The number of rotatable bonds is 6. The summed E-state index contributed by atoms with van der Waals surface area (Å²) in [5.41, 5.74) is 1.38. The fourth-order valence-corrected chi connectivity index (χ4v) is 3.92. The number of aliphatic hydroxyl groups is 1. The van der Waals surface area contributed by atoms with Crippen molar-refractivity contribution >= 4 is 11.6 Å². The van der Waals surface area contributed by atoms with Crippen molar-refractivity contribution in [1.29, 1.82) is 0 Å². The van der Waals surface area contributed by atoms with Gasteiger partial charge >= 0.3 is 0 Å². The van der Waals surface area contributed by atoms with Crippen LogP contribution in [0.15, 0.2) is 0 Å². The molecule has 1 aliphatic carbocycles. The van der Waals surface area contributed by atoms with Gasteiger partial charge in [-0.25, -0.2) is 0 Å². The topological polar surface area (TPSA) is 38.1 Å². The maximum atomic E-state index is 10.9. The Labute approximate surface area is 133 Å². The van der Waals surface area contributed by atoms with Gasteiger partial charge in [0.05, 0.1) is 22.0 Å². The van der Waals surface area contributed by atoms with Crippen LogP contribution in [0, 0.1) is 5.92 Å². The summed E-state index contributed by atoms with van der Waals surface area (Å²) < 4.78 is 1.97. The average Bonchev–Trinajstić information content (AvgIpc) is 2.78. The van der Waals surface area contributed by atoms with E-state index in [9.17, 15) is 5.11 Å². The van der Waals surface area contributed by atoms with Crippen molar-refractivity contribution in [2.75, 3.05) is 0 Å². The highest BCUT2D eigenvalue weighted by Crippen LogP contribution is 2.38. The lowest BCUT2D eigenvalue weighted by Gasteiger charge is -2.36. The molecule has 1 saturated carbocycles. The zero-order valence-electron chi connectivity index (χ0n) is 13.7. The number of hydrogen-bond acceptors (Lipinski definition) is 2. The summed E-state index contributed by atoms with van der Waals surface area (Å²) in [4.78, 5) is 0. The third-order valence-corrected chi connectivity index (χ3v) is 5.36. The lowest BCUT2D eigenvalue weighted by molar-refractivity contribution is -0.0114. The maximum Gasteiger partial charge on any atom is 0.0850 e. The Hall–Kier alpha value is -0.540. The van der Waals surface area contributed by atoms with Crippen molar-refractivity contribution in [2.24, 2.45) is 5.92 Å². The van der Waals surface area contributed by atoms with E-state index in [1.54, 1.807) is 0 Å². The van der Waals surface area contributed by atoms with Gasteiger partial charge in [0.2, 0.25) is 0 Å². The highest BCUT2D eigenvalue weighted by Gasteiger charge is 2.35. The molecule has 4 heteroatoms. The first kappa shape index (κ1) is 16.8. The van der Waals surface area contributed by atoms with Crippen LogP contribution in [0.25, 0.3) is 0 Å². The van der Waals surface area contributed by atoms with Gasteiger partial charge < -0.3 is 5.11 Å². The van der Waals surface area contributed by atoms with Crippen molar-refractivity contribution < 1.29 is 5.11 Å². The van der Waals surface area contributed by atoms with Gasteiger partial charge in [-0.2, -0.15) is 5.10 Å². The molecular formula is C17H29ClN2O. The zero-order chi connectivity index (χ0) is 15.5. The molecule has 1 aromatic rings. The fourth-order valence-electron chi connectivity index (χ4n) is 3.59. The minimum absolute atomic E-state index is 0.591. The molecular weight excluding hydrogens is 284 g/mol. The van der Waals surface area contributed by atoms with Crippen LogP contribution in [0.3, 0.4) is 0 Å². The summed E-state index contributed by atoms with van der Waals surface area (Å²) >= 11 is 6.47. The van der Waals surface area contributed by atoms with Crippen LogP contribution in [0.5, 0.6) is 0 Å². The molecule has 0 radical (unpaired) electrons. The summed E-state index contributed by atoms with van der Waals surface area (Å²) in [5, 5.41) is 16.3. The van der Waals surface area contributed by atoms with Crippen molar-refractivity contribution in [2.45, 2.75) is 84.3 Å². The highest BCUT2D eigenvalue weighted by atomic mass is 35.5. The minimum Gasteiger partial charge on any atom is -0.389 e. The second kappa shape index (κ2) is 7.15. The molecule has 1 fully saturated rings. The number of halogens is 1. The molecule has 3 nitrogen and oxygen atoms in total. The number of hydrogen-bond donors (Lipinski definition) is 1. The summed E-state index contributed by atoms with van der Waals surface area (Å²) in [6, 6.07) is 0. The molecule has 0 bridgehead atoms. The van der Waals surface area contributed by atoms with Crippen LogP contribution < -0.4 is 0 Å². The van der Waals surface area contributed by atoms with Crippen molar-refractivity contribution in [1.82, 2.24) is 9.78 Å². The van der Waals surface area contributed by atoms with Gasteiger partial charge in [0, 0.05) is 13.0 Å². The molecule has 21 heavy (non-hydrogen) atoms. The fraction of sp³-hybridized carbons (Fsp3) is 0.824. The van der Waals surface area contributed by atoms with Gasteiger partial charge in [0.25, 0.3) is 0 Å². The van der Waals surface area contributed by atoms with Crippen LogP contribution in [0.2, 0.25) is 5.02 Å². The maximum absolute atomic E-state index is 10.9. The van der Waals surface area contributed by atoms with E-state index >= 15 is 0 Å². The van der Waals surface area contributed by atoms with Crippen LogP contribution in [-0.2, 0) is 19.4 Å². The van der Waals surface area contributed by atoms with E-state index in [1.807, 2.05) is 4.68 Å². The first-order valence-corrected chi connectivity index (χ1v) is 8.87. The molecule has 2 rings (SSSR count). The monoisotopic (exact) mass is 312 g/mol. The quantitative estimate of drug-likeness (QED) is 0.846. The summed E-state index contributed by atoms with van der Waals surface area (Å²) in [6.07, 6.45) is 8.10. The third kappa shape index (κ3) is 3.81. The molecule has 1 aliphatic rings.